The minimum absolute atomic E-state index is 0.553. The monoisotopic (exact) mass is 350 g/mol. The third-order valence-electron chi connectivity index (χ3n) is 3.90. The zero-order valence-electron chi connectivity index (χ0n) is 12.1. The molecule has 1 fully saturated rings. The van der Waals surface area contributed by atoms with E-state index in [9.17, 15) is 0 Å². The molecule has 5 nitrogen and oxygen atoms in total. The van der Waals surface area contributed by atoms with Crippen LogP contribution in [0.25, 0.3) is 11.5 Å². The number of likely N-dealkylation sites (N-methyl/N-ethyl adjacent to an activating group) is 1. The van der Waals surface area contributed by atoms with Crippen LogP contribution in [0.1, 0.15) is 18.7 Å². The molecule has 1 saturated heterocycles. The quantitative estimate of drug-likeness (QED) is 0.898. The molecule has 1 aromatic carbocycles. The summed E-state index contributed by atoms with van der Waals surface area (Å²) in [5, 5.41) is 11.6. The normalized spacial score (nSPS) is 19.2. The first-order chi connectivity index (χ1) is 10.2. The Hall–Kier alpha value is -1.24. The molecular formula is C15H19BrN4O. The molecule has 21 heavy (non-hydrogen) atoms. The van der Waals surface area contributed by atoms with Crippen molar-refractivity contribution in [1.82, 2.24) is 20.4 Å². The largest absolute Gasteiger partial charge is 0.419 e. The molecule has 1 aliphatic rings. The van der Waals surface area contributed by atoms with Gasteiger partial charge in [-0.2, -0.15) is 0 Å². The van der Waals surface area contributed by atoms with E-state index in [1.165, 1.54) is 19.4 Å². The van der Waals surface area contributed by atoms with Crippen LogP contribution in [0.5, 0.6) is 0 Å². The van der Waals surface area contributed by atoms with Crippen LogP contribution in [0, 0.1) is 0 Å². The maximum absolute atomic E-state index is 5.71. The molecule has 0 saturated carbocycles. The highest BCUT2D eigenvalue weighted by atomic mass is 79.9. The number of hydrogen-bond donors (Lipinski definition) is 1. The molecule has 0 aliphatic carbocycles. The van der Waals surface area contributed by atoms with Crippen molar-refractivity contribution in [3.05, 3.63) is 34.6 Å². The highest BCUT2D eigenvalue weighted by Crippen LogP contribution is 2.26. The van der Waals surface area contributed by atoms with E-state index in [1.807, 2.05) is 24.3 Å². The predicted molar refractivity (Wildman–Crippen MR) is 84.8 cm³/mol. The van der Waals surface area contributed by atoms with E-state index in [0.717, 1.165) is 16.6 Å². The lowest BCUT2D eigenvalue weighted by molar-refractivity contribution is 0.297. The number of rotatable bonds is 5. The fourth-order valence-corrected chi connectivity index (χ4v) is 3.11. The lowest BCUT2D eigenvalue weighted by Crippen LogP contribution is -2.35. The van der Waals surface area contributed by atoms with Crippen molar-refractivity contribution < 1.29 is 4.42 Å². The van der Waals surface area contributed by atoms with Crippen LogP contribution in [-0.4, -0.2) is 41.3 Å². The first-order valence-electron chi connectivity index (χ1n) is 7.22. The number of aromatic nitrogens is 2. The Kier molecular flexibility index (Phi) is 4.67. The van der Waals surface area contributed by atoms with Gasteiger partial charge < -0.3 is 14.6 Å². The highest BCUT2D eigenvalue weighted by Gasteiger charge is 2.20. The molecule has 0 amide bonds. The van der Waals surface area contributed by atoms with Crippen LogP contribution in [0.4, 0.5) is 0 Å². The van der Waals surface area contributed by atoms with Gasteiger partial charge in [-0.05, 0) is 54.5 Å². The maximum Gasteiger partial charge on any atom is 0.248 e. The van der Waals surface area contributed by atoms with Gasteiger partial charge in [-0.15, -0.1) is 10.2 Å². The Morgan fingerprint density at radius 2 is 2.24 bits per heavy atom. The van der Waals surface area contributed by atoms with E-state index in [0.29, 0.717) is 24.4 Å². The molecule has 1 aliphatic heterocycles. The van der Waals surface area contributed by atoms with Gasteiger partial charge in [0.05, 0.1) is 12.1 Å². The number of likely N-dealkylation sites (tertiary alicyclic amines) is 1. The number of nitrogens with one attached hydrogen (secondary N) is 1. The van der Waals surface area contributed by atoms with Gasteiger partial charge >= 0.3 is 0 Å². The standard InChI is InChI=1S/C15H19BrN4O/c1-20-8-4-5-11(20)9-17-10-14-18-19-15(21-14)12-6-2-3-7-13(12)16/h2-3,6-7,11,17H,4-5,8-10H2,1H3. The van der Waals surface area contributed by atoms with E-state index in [-0.39, 0.29) is 0 Å². The molecule has 2 heterocycles. The van der Waals surface area contributed by atoms with Crippen molar-refractivity contribution in [2.45, 2.75) is 25.4 Å². The van der Waals surface area contributed by atoms with E-state index in [4.69, 9.17) is 4.42 Å². The molecule has 112 valence electrons. The van der Waals surface area contributed by atoms with Crippen molar-refractivity contribution in [2.24, 2.45) is 0 Å². The molecule has 3 rings (SSSR count). The fourth-order valence-electron chi connectivity index (χ4n) is 2.65. The molecule has 1 unspecified atom stereocenters. The summed E-state index contributed by atoms with van der Waals surface area (Å²) in [6, 6.07) is 8.47. The summed E-state index contributed by atoms with van der Waals surface area (Å²) in [6.45, 7) is 2.77. The number of halogens is 1. The topological polar surface area (TPSA) is 54.2 Å². The van der Waals surface area contributed by atoms with Crippen molar-refractivity contribution in [1.29, 1.82) is 0 Å². The first-order valence-corrected chi connectivity index (χ1v) is 8.01. The van der Waals surface area contributed by atoms with Crippen LogP contribution in [0.15, 0.2) is 33.2 Å². The molecule has 0 radical (unpaired) electrons. The Bertz CT molecular complexity index is 601. The predicted octanol–water partition coefficient (Wildman–Crippen LogP) is 2.68. The van der Waals surface area contributed by atoms with Gasteiger partial charge in [-0.3, -0.25) is 0 Å². The molecule has 2 aromatic rings. The second kappa shape index (κ2) is 6.68. The van der Waals surface area contributed by atoms with E-state index in [1.54, 1.807) is 0 Å². The number of hydrogen-bond acceptors (Lipinski definition) is 5. The second-order valence-corrected chi connectivity index (χ2v) is 6.24. The van der Waals surface area contributed by atoms with E-state index >= 15 is 0 Å². The lowest BCUT2D eigenvalue weighted by atomic mass is 10.2. The summed E-state index contributed by atoms with van der Waals surface area (Å²) >= 11 is 3.50. The molecular weight excluding hydrogens is 332 g/mol. The molecule has 0 bridgehead atoms. The Morgan fingerprint density at radius 3 is 3.00 bits per heavy atom. The highest BCUT2D eigenvalue weighted by molar-refractivity contribution is 9.10. The molecule has 1 aromatic heterocycles. The van der Waals surface area contributed by atoms with Gasteiger partial charge in [-0.1, -0.05) is 12.1 Å². The average molecular weight is 351 g/mol. The van der Waals surface area contributed by atoms with Crippen LogP contribution >= 0.6 is 15.9 Å². The van der Waals surface area contributed by atoms with Crippen molar-refractivity contribution in [2.75, 3.05) is 20.1 Å². The average Bonchev–Trinajstić information content (AvgIpc) is 3.10. The summed E-state index contributed by atoms with van der Waals surface area (Å²) < 4.78 is 6.67. The van der Waals surface area contributed by atoms with Crippen LogP contribution in [0.3, 0.4) is 0 Å². The van der Waals surface area contributed by atoms with Crippen molar-refractivity contribution >= 4 is 15.9 Å². The van der Waals surface area contributed by atoms with Crippen LogP contribution < -0.4 is 5.32 Å². The lowest BCUT2D eigenvalue weighted by Gasteiger charge is -2.19. The minimum atomic E-state index is 0.553. The minimum Gasteiger partial charge on any atom is -0.419 e. The van der Waals surface area contributed by atoms with E-state index in [2.05, 4.69) is 43.4 Å². The molecule has 1 atom stereocenters. The van der Waals surface area contributed by atoms with Crippen LogP contribution in [-0.2, 0) is 6.54 Å². The zero-order chi connectivity index (χ0) is 14.7. The van der Waals surface area contributed by atoms with Gasteiger partial charge in [0.15, 0.2) is 0 Å². The summed E-state index contributed by atoms with van der Waals surface area (Å²) in [5.41, 5.74) is 0.923. The van der Waals surface area contributed by atoms with Crippen LogP contribution in [0.2, 0.25) is 0 Å². The van der Waals surface area contributed by atoms with Gasteiger partial charge in [0, 0.05) is 17.1 Å². The summed E-state index contributed by atoms with van der Waals surface area (Å²) in [6.07, 6.45) is 2.55. The molecule has 6 heteroatoms. The van der Waals surface area contributed by atoms with Gasteiger partial charge in [0.2, 0.25) is 11.8 Å². The molecule has 0 spiro atoms. The van der Waals surface area contributed by atoms with Crippen molar-refractivity contribution in [3.63, 3.8) is 0 Å². The first kappa shape index (κ1) is 14.7. The maximum atomic E-state index is 5.71. The second-order valence-electron chi connectivity index (χ2n) is 5.39. The number of nitrogens with zero attached hydrogens (tertiary/aromatic N) is 3. The Labute approximate surface area is 132 Å². The zero-order valence-corrected chi connectivity index (χ0v) is 13.6. The summed E-state index contributed by atoms with van der Waals surface area (Å²) in [4.78, 5) is 2.40. The summed E-state index contributed by atoms with van der Waals surface area (Å²) in [7, 11) is 2.18. The Balaban J connectivity index is 1.57. The SMILES string of the molecule is CN1CCCC1CNCc1nnc(-c2ccccc2Br)o1. The van der Waals surface area contributed by atoms with E-state index < -0.39 is 0 Å². The van der Waals surface area contributed by atoms with Gasteiger partial charge in [-0.25, -0.2) is 0 Å². The van der Waals surface area contributed by atoms with Gasteiger partial charge in [0.25, 0.3) is 0 Å². The van der Waals surface area contributed by atoms with Crippen molar-refractivity contribution in [3.8, 4) is 11.5 Å². The fraction of sp³-hybridized carbons (Fsp3) is 0.467. The smallest absolute Gasteiger partial charge is 0.248 e. The molecule has 1 N–H and O–H groups in total. The third kappa shape index (κ3) is 3.51. The third-order valence-corrected chi connectivity index (χ3v) is 4.59. The number of benzene rings is 1. The summed E-state index contributed by atoms with van der Waals surface area (Å²) in [5.74, 6) is 1.18. The Morgan fingerprint density at radius 1 is 1.38 bits per heavy atom. The van der Waals surface area contributed by atoms with Gasteiger partial charge in [0.1, 0.15) is 0 Å².